The number of amides is 1. The lowest BCUT2D eigenvalue weighted by molar-refractivity contribution is -0.384. The average Bonchev–Trinajstić information content (AvgIpc) is 2.28. The predicted octanol–water partition coefficient (Wildman–Crippen LogP) is 0.306. The summed E-state index contributed by atoms with van der Waals surface area (Å²) in [5.41, 5.74) is 10.9. The first-order chi connectivity index (χ1) is 7.95. The SMILES string of the molecule is CC(Oc1ccc([N+](=O)[O-])cc1CN)C(N)=O. The highest BCUT2D eigenvalue weighted by Crippen LogP contribution is 2.24. The maximum Gasteiger partial charge on any atom is 0.270 e. The molecule has 1 unspecified atom stereocenters. The Hall–Kier alpha value is -2.15. The van der Waals surface area contributed by atoms with Crippen molar-refractivity contribution in [3.63, 3.8) is 0 Å². The summed E-state index contributed by atoms with van der Waals surface area (Å²) in [6, 6.07) is 3.99. The molecule has 92 valence electrons. The maximum atomic E-state index is 10.8. The third-order valence-electron chi connectivity index (χ3n) is 2.18. The van der Waals surface area contributed by atoms with Crippen molar-refractivity contribution in [3.8, 4) is 5.75 Å². The zero-order valence-corrected chi connectivity index (χ0v) is 9.25. The number of nitrogens with two attached hydrogens (primary N) is 2. The van der Waals surface area contributed by atoms with Gasteiger partial charge in [0, 0.05) is 24.2 Å². The topological polar surface area (TPSA) is 121 Å². The van der Waals surface area contributed by atoms with Gasteiger partial charge in [-0.25, -0.2) is 0 Å². The molecule has 4 N–H and O–H groups in total. The van der Waals surface area contributed by atoms with Crippen LogP contribution in [-0.4, -0.2) is 16.9 Å². The summed E-state index contributed by atoms with van der Waals surface area (Å²) in [5, 5.41) is 10.6. The molecule has 0 radical (unpaired) electrons. The van der Waals surface area contributed by atoms with E-state index in [1.807, 2.05) is 0 Å². The number of benzene rings is 1. The third kappa shape index (κ3) is 3.15. The molecule has 0 bridgehead atoms. The van der Waals surface area contributed by atoms with Crippen LogP contribution in [0.25, 0.3) is 0 Å². The summed E-state index contributed by atoms with van der Waals surface area (Å²) in [6.45, 7) is 1.56. The molecule has 7 nitrogen and oxygen atoms in total. The highest BCUT2D eigenvalue weighted by molar-refractivity contribution is 5.78. The molecule has 0 spiro atoms. The fourth-order valence-corrected chi connectivity index (χ4v) is 1.20. The van der Waals surface area contributed by atoms with E-state index in [4.69, 9.17) is 16.2 Å². The first kappa shape index (κ1) is 12.9. The Bertz CT molecular complexity index is 447. The van der Waals surface area contributed by atoms with Crippen molar-refractivity contribution in [2.24, 2.45) is 11.5 Å². The number of primary amides is 1. The molecule has 0 aromatic heterocycles. The van der Waals surface area contributed by atoms with Crippen molar-refractivity contribution in [1.29, 1.82) is 0 Å². The van der Waals surface area contributed by atoms with Crippen LogP contribution >= 0.6 is 0 Å². The summed E-state index contributed by atoms with van der Waals surface area (Å²) in [4.78, 5) is 20.9. The Balaban J connectivity index is 3.00. The number of ether oxygens (including phenoxy) is 1. The average molecular weight is 239 g/mol. The van der Waals surface area contributed by atoms with E-state index in [9.17, 15) is 14.9 Å². The van der Waals surface area contributed by atoms with Crippen LogP contribution in [0, 0.1) is 10.1 Å². The van der Waals surface area contributed by atoms with E-state index >= 15 is 0 Å². The number of hydrogen-bond acceptors (Lipinski definition) is 5. The van der Waals surface area contributed by atoms with Crippen LogP contribution in [0.1, 0.15) is 12.5 Å². The number of rotatable bonds is 5. The molecule has 1 amide bonds. The smallest absolute Gasteiger partial charge is 0.270 e. The molecule has 7 heteroatoms. The molecular formula is C10H13N3O4. The van der Waals surface area contributed by atoms with Gasteiger partial charge in [-0.15, -0.1) is 0 Å². The lowest BCUT2D eigenvalue weighted by atomic mass is 10.1. The number of hydrogen-bond donors (Lipinski definition) is 2. The first-order valence-electron chi connectivity index (χ1n) is 4.89. The van der Waals surface area contributed by atoms with Crippen LogP contribution in [0.4, 0.5) is 5.69 Å². The van der Waals surface area contributed by atoms with E-state index in [0.29, 0.717) is 11.3 Å². The van der Waals surface area contributed by atoms with E-state index < -0.39 is 16.9 Å². The van der Waals surface area contributed by atoms with Gasteiger partial charge < -0.3 is 16.2 Å². The van der Waals surface area contributed by atoms with Crippen LogP contribution < -0.4 is 16.2 Å². The van der Waals surface area contributed by atoms with E-state index in [-0.39, 0.29) is 12.2 Å². The number of nitro groups is 1. The zero-order valence-electron chi connectivity index (χ0n) is 9.25. The van der Waals surface area contributed by atoms with Crippen LogP contribution in [0.2, 0.25) is 0 Å². The van der Waals surface area contributed by atoms with Crippen molar-refractivity contribution in [2.45, 2.75) is 19.6 Å². The van der Waals surface area contributed by atoms with Crippen LogP contribution in [0.3, 0.4) is 0 Å². The van der Waals surface area contributed by atoms with Gasteiger partial charge in [-0.05, 0) is 13.0 Å². The van der Waals surface area contributed by atoms with Crippen molar-refractivity contribution < 1.29 is 14.5 Å². The molecule has 0 aliphatic heterocycles. The normalized spacial score (nSPS) is 11.9. The number of nitro benzene ring substituents is 1. The second kappa shape index (κ2) is 5.26. The molecule has 0 aliphatic carbocycles. The summed E-state index contributed by atoms with van der Waals surface area (Å²) in [5.74, 6) is -0.296. The van der Waals surface area contributed by atoms with Gasteiger partial charge >= 0.3 is 0 Å². The maximum absolute atomic E-state index is 10.8. The van der Waals surface area contributed by atoms with Gasteiger partial charge in [0.2, 0.25) is 0 Å². The Morgan fingerprint density at radius 1 is 1.59 bits per heavy atom. The van der Waals surface area contributed by atoms with E-state index in [0.717, 1.165) is 0 Å². The summed E-state index contributed by atoms with van der Waals surface area (Å²) >= 11 is 0. The molecule has 1 aromatic carbocycles. The number of carbonyl (C=O) groups is 1. The van der Waals surface area contributed by atoms with Crippen molar-refractivity contribution in [2.75, 3.05) is 0 Å². The third-order valence-corrected chi connectivity index (χ3v) is 2.18. The number of non-ortho nitro benzene ring substituents is 1. The molecule has 0 saturated heterocycles. The fourth-order valence-electron chi connectivity index (χ4n) is 1.20. The highest BCUT2D eigenvalue weighted by Gasteiger charge is 2.15. The highest BCUT2D eigenvalue weighted by atomic mass is 16.6. The van der Waals surface area contributed by atoms with Gasteiger partial charge in [-0.1, -0.05) is 0 Å². The minimum absolute atomic E-state index is 0.0719. The monoisotopic (exact) mass is 239 g/mol. The predicted molar refractivity (Wildman–Crippen MR) is 60.3 cm³/mol. The number of nitrogens with zero attached hydrogens (tertiary/aromatic N) is 1. The Morgan fingerprint density at radius 2 is 2.24 bits per heavy atom. The van der Waals surface area contributed by atoms with Crippen molar-refractivity contribution in [3.05, 3.63) is 33.9 Å². The van der Waals surface area contributed by atoms with Gasteiger partial charge in [0.25, 0.3) is 11.6 Å². The van der Waals surface area contributed by atoms with Gasteiger partial charge in [0.15, 0.2) is 6.10 Å². The van der Waals surface area contributed by atoms with E-state index in [1.165, 1.54) is 25.1 Å². The lowest BCUT2D eigenvalue weighted by Gasteiger charge is -2.13. The summed E-state index contributed by atoms with van der Waals surface area (Å²) in [7, 11) is 0. The molecular weight excluding hydrogens is 226 g/mol. The molecule has 0 heterocycles. The summed E-state index contributed by atoms with van der Waals surface area (Å²) < 4.78 is 5.26. The largest absolute Gasteiger partial charge is 0.481 e. The Labute approximate surface area is 97.5 Å². The zero-order chi connectivity index (χ0) is 13.0. The molecule has 0 fully saturated rings. The summed E-state index contributed by atoms with van der Waals surface area (Å²) in [6.07, 6.45) is -0.818. The fraction of sp³-hybridized carbons (Fsp3) is 0.300. The standard InChI is InChI=1S/C10H13N3O4/c1-6(10(12)14)17-9-3-2-8(13(15)16)4-7(9)5-11/h2-4,6H,5,11H2,1H3,(H2,12,14). The Morgan fingerprint density at radius 3 is 2.71 bits per heavy atom. The van der Waals surface area contributed by atoms with Crippen molar-refractivity contribution in [1.82, 2.24) is 0 Å². The second-order valence-electron chi connectivity index (χ2n) is 3.42. The minimum Gasteiger partial charge on any atom is -0.481 e. The van der Waals surface area contributed by atoms with E-state index in [1.54, 1.807) is 0 Å². The van der Waals surface area contributed by atoms with Crippen LogP contribution in [0.15, 0.2) is 18.2 Å². The van der Waals surface area contributed by atoms with E-state index in [2.05, 4.69) is 0 Å². The minimum atomic E-state index is -0.818. The molecule has 0 aliphatic rings. The van der Waals surface area contributed by atoms with Gasteiger partial charge in [-0.3, -0.25) is 14.9 Å². The molecule has 1 aromatic rings. The van der Waals surface area contributed by atoms with Crippen molar-refractivity contribution >= 4 is 11.6 Å². The Kier molecular flexibility index (Phi) is 4.00. The molecule has 1 atom stereocenters. The lowest BCUT2D eigenvalue weighted by Crippen LogP contribution is -2.31. The molecule has 17 heavy (non-hydrogen) atoms. The van der Waals surface area contributed by atoms with Gasteiger partial charge in [-0.2, -0.15) is 0 Å². The quantitative estimate of drug-likeness (QED) is 0.565. The molecule has 1 rings (SSSR count). The van der Waals surface area contributed by atoms with Crippen LogP contribution in [0.5, 0.6) is 5.75 Å². The van der Waals surface area contributed by atoms with Gasteiger partial charge in [0.05, 0.1) is 4.92 Å². The van der Waals surface area contributed by atoms with Crippen LogP contribution in [-0.2, 0) is 11.3 Å². The first-order valence-corrected chi connectivity index (χ1v) is 4.89. The van der Waals surface area contributed by atoms with Gasteiger partial charge in [0.1, 0.15) is 5.75 Å². The molecule has 0 saturated carbocycles. The second-order valence-corrected chi connectivity index (χ2v) is 3.42. The number of carbonyl (C=O) groups excluding carboxylic acids is 1.